The minimum atomic E-state index is -3.29. The number of ether oxygens (including phenoxy) is 2. The lowest BCUT2D eigenvalue weighted by Crippen LogP contribution is -2.13. The highest BCUT2D eigenvalue weighted by atomic mass is 35.5. The Balaban J connectivity index is 2.18. The molecule has 152 valence electrons. The average Bonchev–Trinajstić information content (AvgIpc) is 2.62. The van der Waals surface area contributed by atoms with E-state index in [9.17, 15) is 13.2 Å². The van der Waals surface area contributed by atoms with Crippen molar-refractivity contribution in [2.75, 3.05) is 25.3 Å². The molecule has 0 fully saturated rings. The molecule has 28 heavy (non-hydrogen) atoms. The molecule has 0 aliphatic rings. The van der Waals surface area contributed by atoms with Crippen molar-refractivity contribution in [3.63, 3.8) is 0 Å². The number of nitrogens with one attached hydrogen (secondary N) is 1. The third-order valence-corrected chi connectivity index (χ3v) is 5.38. The number of amides is 1. The highest BCUT2D eigenvalue weighted by molar-refractivity contribution is 7.90. The van der Waals surface area contributed by atoms with Crippen LogP contribution < -0.4 is 14.8 Å². The standard InChI is InChI=1S/C20H24ClNO5S/c1-13(2)9-10-27-19-17(21)11-14(12-18(19)26-3)20(23)22-15-5-7-16(8-6-15)28(4,24)25/h5-8,11-13H,9-10H2,1-4H3,(H,22,23). The molecule has 0 atom stereocenters. The van der Waals surface area contributed by atoms with E-state index in [0.29, 0.717) is 35.3 Å². The Morgan fingerprint density at radius 1 is 1.18 bits per heavy atom. The van der Waals surface area contributed by atoms with E-state index in [2.05, 4.69) is 19.2 Å². The zero-order valence-electron chi connectivity index (χ0n) is 16.3. The van der Waals surface area contributed by atoms with Crippen molar-refractivity contribution in [1.29, 1.82) is 0 Å². The Morgan fingerprint density at radius 3 is 2.36 bits per heavy atom. The molecule has 6 nitrogen and oxygen atoms in total. The van der Waals surface area contributed by atoms with Crippen LogP contribution >= 0.6 is 11.6 Å². The van der Waals surface area contributed by atoms with Gasteiger partial charge in [0.1, 0.15) is 0 Å². The van der Waals surface area contributed by atoms with Crippen LogP contribution in [0, 0.1) is 5.92 Å². The second-order valence-corrected chi connectivity index (χ2v) is 9.19. The van der Waals surface area contributed by atoms with E-state index in [-0.39, 0.29) is 9.92 Å². The predicted octanol–water partition coefficient (Wildman–Crippen LogP) is 4.43. The van der Waals surface area contributed by atoms with Crippen LogP contribution in [0.25, 0.3) is 0 Å². The summed E-state index contributed by atoms with van der Waals surface area (Å²) in [7, 11) is -1.81. The van der Waals surface area contributed by atoms with Gasteiger partial charge in [-0.1, -0.05) is 25.4 Å². The van der Waals surface area contributed by atoms with Gasteiger partial charge in [-0.2, -0.15) is 0 Å². The Labute approximate surface area is 170 Å². The molecule has 2 rings (SSSR count). The van der Waals surface area contributed by atoms with Crippen molar-refractivity contribution in [2.24, 2.45) is 5.92 Å². The van der Waals surface area contributed by atoms with Gasteiger partial charge in [0.2, 0.25) is 0 Å². The maximum Gasteiger partial charge on any atom is 0.255 e. The molecule has 0 saturated heterocycles. The van der Waals surface area contributed by atoms with Crippen molar-refractivity contribution >= 4 is 33.0 Å². The second-order valence-electron chi connectivity index (χ2n) is 6.77. The van der Waals surface area contributed by atoms with E-state index in [1.807, 2.05) is 0 Å². The summed E-state index contributed by atoms with van der Waals surface area (Å²) >= 11 is 6.29. The molecule has 8 heteroatoms. The monoisotopic (exact) mass is 425 g/mol. The Bertz CT molecular complexity index is 940. The molecule has 0 aliphatic carbocycles. The van der Waals surface area contributed by atoms with Gasteiger partial charge in [-0.05, 0) is 48.7 Å². The van der Waals surface area contributed by atoms with Crippen LogP contribution in [0.4, 0.5) is 5.69 Å². The molecule has 2 aromatic carbocycles. The van der Waals surface area contributed by atoms with Gasteiger partial charge in [0, 0.05) is 17.5 Å². The summed E-state index contributed by atoms with van der Waals surface area (Å²) in [5.74, 6) is 0.859. The first-order valence-electron chi connectivity index (χ1n) is 8.73. The van der Waals surface area contributed by atoms with Gasteiger partial charge in [0.25, 0.3) is 5.91 Å². The summed E-state index contributed by atoms with van der Waals surface area (Å²) in [6, 6.07) is 8.98. The molecule has 0 unspecified atom stereocenters. The summed E-state index contributed by atoms with van der Waals surface area (Å²) in [4.78, 5) is 12.7. The number of benzene rings is 2. The van der Waals surface area contributed by atoms with Gasteiger partial charge in [-0.25, -0.2) is 8.42 Å². The number of rotatable bonds is 8. The van der Waals surface area contributed by atoms with Crippen molar-refractivity contribution in [3.8, 4) is 11.5 Å². The molecule has 0 heterocycles. The lowest BCUT2D eigenvalue weighted by atomic mass is 10.1. The lowest BCUT2D eigenvalue weighted by molar-refractivity contribution is 0.102. The zero-order valence-corrected chi connectivity index (χ0v) is 17.9. The van der Waals surface area contributed by atoms with Crippen molar-refractivity contribution < 1.29 is 22.7 Å². The van der Waals surface area contributed by atoms with E-state index in [0.717, 1.165) is 12.7 Å². The van der Waals surface area contributed by atoms with E-state index in [4.69, 9.17) is 21.1 Å². The number of methoxy groups -OCH3 is 1. The number of carbonyl (C=O) groups excluding carboxylic acids is 1. The minimum Gasteiger partial charge on any atom is -0.493 e. The maximum atomic E-state index is 12.5. The van der Waals surface area contributed by atoms with Crippen LogP contribution in [0.15, 0.2) is 41.3 Å². The first kappa shape index (κ1) is 22.0. The molecular weight excluding hydrogens is 402 g/mol. The average molecular weight is 426 g/mol. The second kappa shape index (κ2) is 9.30. The Kier molecular flexibility index (Phi) is 7.32. The van der Waals surface area contributed by atoms with Crippen LogP contribution in [-0.4, -0.2) is 34.3 Å². The maximum absolute atomic E-state index is 12.5. The molecule has 1 amide bonds. The molecule has 0 aliphatic heterocycles. The smallest absolute Gasteiger partial charge is 0.255 e. The van der Waals surface area contributed by atoms with Gasteiger partial charge in [-0.3, -0.25) is 4.79 Å². The zero-order chi connectivity index (χ0) is 20.9. The summed E-state index contributed by atoms with van der Waals surface area (Å²) in [5.41, 5.74) is 0.759. The normalized spacial score (nSPS) is 11.4. The fraction of sp³-hybridized carbons (Fsp3) is 0.350. The van der Waals surface area contributed by atoms with Gasteiger partial charge < -0.3 is 14.8 Å². The van der Waals surface area contributed by atoms with E-state index in [1.54, 1.807) is 6.07 Å². The highest BCUT2D eigenvalue weighted by Crippen LogP contribution is 2.37. The third kappa shape index (κ3) is 5.87. The number of hydrogen-bond donors (Lipinski definition) is 1. The summed E-state index contributed by atoms with van der Waals surface area (Å²) in [5, 5.41) is 2.98. The molecular formula is C20H24ClNO5S. The van der Waals surface area contributed by atoms with Gasteiger partial charge in [-0.15, -0.1) is 0 Å². The number of sulfone groups is 1. The summed E-state index contributed by atoms with van der Waals surface area (Å²) in [6.07, 6.45) is 1.99. The molecule has 0 saturated carbocycles. The van der Waals surface area contributed by atoms with Crippen LogP contribution in [-0.2, 0) is 9.84 Å². The summed E-state index contributed by atoms with van der Waals surface area (Å²) < 4.78 is 34.1. The van der Waals surface area contributed by atoms with E-state index in [1.165, 1.54) is 37.4 Å². The number of anilines is 1. The molecule has 0 radical (unpaired) electrons. The SMILES string of the molecule is COc1cc(C(=O)Nc2ccc(S(C)(=O)=O)cc2)cc(Cl)c1OCCC(C)C. The molecule has 1 N–H and O–H groups in total. The number of carbonyl (C=O) groups is 1. The van der Waals surface area contributed by atoms with Crippen LogP contribution in [0.5, 0.6) is 11.5 Å². The predicted molar refractivity (Wildman–Crippen MR) is 110 cm³/mol. The van der Waals surface area contributed by atoms with Gasteiger partial charge in [0.05, 0.1) is 23.6 Å². The fourth-order valence-electron chi connectivity index (χ4n) is 2.38. The topological polar surface area (TPSA) is 81.7 Å². The largest absolute Gasteiger partial charge is 0.493 e. The molecule has 2 aromatic rings. The van der Waals surface area contributed by atoms with Crippen molar-refractivity contribution in [3.05, 3.63) is 47.0 Å². The lowest BCUT2D eigenvalue weighted by Gasteiger charge is -2.15. The quantitative estimate of drug-likeness (QED) is 0.676. The fourth-order valence-corrected chi connectivity index (χ4v) is 3.27. The molecule has 0 spiro atoms. The third-order valence-electron chi connectivity index (χ3n) is 3.97. The number of hydrogen-bond acceptors (Lipinski definition) is 5. The van der Waals surface area contributed by atoms with Crippen LogP contribution in [0.3, 0.4) is 0 Å². The van der Waals surface area contributed by atoms with Crippen molar-refractivity contribution in [1.82, 2.24) is 0 Å². The van der Waals surface area contributed by atoms with E-state index >= 15 is 0 Å². The Morgan fingerprint density at radius 2 is 1.82 bits per heavy atom. The Hall–Kier alpha value is -2.25. The van der Waals surface area contributed by atoms with Crippen LogP contribution in [0.2, 0.25) is 5.02 Å². The van der Waals surface area contributed by atoms with Gasteiger partial charge in [0.15, 0.2) is 21.3 Å². The van der Waals surface area contributed by atoms with Gasteiger partial charge >= 0.3 is 0 Å². The van der Waals surface area contributed by atoms with Crippen LogP contribution in [0.1, 0.15) is 30.6 Å². The van der Waals surface area contributed by atoms with E-state index < -0.39 is 15.7 Å². The molecule has 0 bridgehead atoms. The first-order chi connectivity index (χ1) is 13.1. The highest BCUT2D eigenvalue weighted by Gasteiger charge is 2.17. The number of halogens is 1. The summed E-state index contributed by atoms with van der Waals surface area (Å²) in [6.45, 7) is 4.68. The minimum absolute atomic E-state index is 0.179. The first-order valence-corrected chi connectivity index (χ1v) is 11.0. The molecule has 0 aromatic heterocycles. The van der Waals surface area contributed by atoms with Crippen molar-refractivity contribution in [2.45, 2.75) is 25.2 Å².